The lowest BCUT2D eigenvalue weighted by atomic mass is 9.86. The molecule has 2 aromatic heterocycles. The van der Waals surface area contributed by atoms with Crippen molar-refractivity contribution < 1.29 is 18.0 Å². The lowest BCUT2D eigenvalue weighted by molar-refractivity contribution is -0.137. The molecule has 2 fully saturated rings. The molecule has 5 rings (SSSR count). The Kier molecular flexibility index (Phi) is 4.98. The van der Waals surface area contributed by atoms with Crippen LogP contribution in [0.1, 0.15) is 46.4 Å². The van der Waals surface area contributed by atoms with Crippen molar-refractivity contribution in [2.75, 3.05) is 0 Å². The lowest BCUT2D eigenvalue weighted by Gasteiger charge is -2.25. The minimum absolute atomic E-state index is 0.0450. The standard InChI is InChI=1S/C23H22F3N5O/c1-14-3-2-4-19(21(14)31-28-9-10-29-31)22(32)30-18-7-8-20(30)15(12-18)11-17-6-5-16(13-27-17)23(24,25)26/h2-6,9-10,13,15,18,20H,7-8,11-12H2,1H3. The number of alkyl halides is 3. The van der Waals surface area contributed by atoms with Gasteiger partial charge in [0.2, 0.25) is 0 Å². The Morgan fingerprint density at radius 2 is 1.91 bits per heavy atom. The predicted molar refractivity (Wildman–Crippen MR) is 110 cm³/mol. The zero-order valence-corrected chi connectivity index (χ0v) is 17.5. The summed E-state index contributed by atoms with van der Waals surface area (Å²) in [7, 11) is 0. The van der Waals surface area contributed by atoms with Crippen molar-refractivity contribution in [2.45, 2.75) is 50.9 Å². The normalized spacial score (nSPS) is 22.5. The van der Waals surface area contributed by atoms with Crippen LogP contribution < -0.4 is 0 Å². The number of nitrogens with zero attached hydrogens (tertiary/aromatic N) is 5. The lowest BCUT2D eigenvalue weighted by Crippen LogP contribution is -2.37. The number of carbonyl (C=O) groups excluding carboxylic acids is 1. The average molecular weight is 441 g/mol. The van der Waals surface area contributed by atoms with E-state index in [1.54, 1.807) is 18.5 Å². The van der Waals surface area contributed by atoms with Crippen LogP contribution >= 0.6 is 0 Å². The summed E-state index contributed by atoms with van der Waals surface area (Å²) in [5.74, 6) is 0.134. The summed E-state index contributed by atoms with van der Waals surface area (Å²) in [5, 5.41) is 8.42. The van der Waals surface area contributed by atoms with Gasteiger partial charge in [-0.25, -0.2) is 0 Å². The van der Waals surface area contributed by atoms with Gasteiger partial charge in [-0.3, -0.25) is 9.78 Å². The van der Waals surface area contributed by atoms with Crippen LogP contribution in [0.5, 0.6) is 0 Å². The molecule has 0 spiro atoms. The quantitative estimate of drug-likeness (QED) is 0.608. The van der Waals surface area contributed by atoms with Gasteiger partial charge >= 0.3 is 6.18 Å². The van der Waals surface area contributed by atoms with Crippen LogP contribution in [0, 0.1) is 12.8 Å². The van der Waals surface area contributed by atoms with E-state index in [4.69, 9.17) is 0 Å². The molecule has 2 saturated heterocycles. The highest BCUT2D eigenvalue weighted by Crippen LogP contribution is 2.44. The summed E-state index contributed by atoms with van der Waals surface area (Å²) in [6.45, 7) is 1.92. The maximum atomic E-state index is 13.6. The first-order valence-electron chi connectivity index (χ1n) is 10.6. The molecular formula is C23H22F3N5O. The van der Waals surface area contributed by atoms with Gasteiger partial charge in [0.25, 0.3) is 5.91 Å². The summed E-state index contributed by atoms with van der Waals surface area (Å²) in [5.41, 5.74) is 2.02. The highest BCUT2D eigenvalue weighted by Gasteiger charge is 2.49. The molecular weight excluding hydrogens is 419 g/mol. The fourth-order valence-electron chi connectivity index (χ4n) is 5.20. The number of aromatic nitrogens is 4. The summed E-state index contributed by atoms with van der Waals surface area (Å²) >= 11 is 0. The number of carbonyl (C=O) groups is 1. The molecule has 3 atom stereocenters. The monoisotopic (exact) mass is 441 g/mol. The van der Waals surface area contributed by atoms with E-state index in [2.05, 4.69) is 15.2 Å². The van der Waals surface area contributed by atoms with E-state index in [0.717, 1.165) is 37.1 Å². The number of hydrogen-bond acceptors (Lipinski definition) is 4. The molecule has 3 aromatic rings. The Morgan fingerprint density at radius 1 is 1.12 bits per heavy atom. The smallest absolute Gasteiger partial charge is 0.332 e. The first-order valence-corrected chi connectivity index (χ1v) is 10.6. The highest BCUT2D eigenvalue weighted by atomic mass is 19.4. The number of amides is 1. The molecule has 1 aromatic carbocycles. The van der Waals surface area contributed by atoms with Crippen molar-refractivity contribution in [1.29, 1.82) is 0 Å². The van der Waals surface area contributed by atoms with Gasteiger partial charge in [-0.1, -0.05) is 12.1 Å². The summed E-state index contributed by atoms with van der Waals surface area (Å²) in [6, 6.07) is 8.29. The largest absolute Gasteiger partial charge is 0.417 e. The van der Waals surface area contributed by atoms with Gasteiger partial charge in [-0.2, -0.15) is 28.2 Å². The van der Waals surface area contributed by atoms with Crippen molar-refractivity contribution in [3.05, 3.63) is 71.3 Å². The summed E-state index contributed by atoms with van der Waals surface area (Å²) < 4.78 is 38.4. The van der Waals surface area contributed by atoms with Gasteiger partial charge in [-0.15, -0.1) is 0 Å². The van der Waals surface area contributed by atoms with Gasteiger partial charge in [0.1, 0.15) is 5.69 Å². The van der Waals surface area contributed by atoms with Crippen molar-refractivity contribution in [2.24, 2.45) is 5.92 Å². The molecule has 0 N–H and O–H groups in total. The van der Waals surface area contributed by atoms with Crippen molar-refractivity contribution >= 4 is 5.91 Å². The van der Waals surface area contributed by atoms with Crippen LogP contribution in [0.4, 0.5) is 13.2 Å². The Balaban J connectivity index is 1.38. The van der Waals surface area contributed by atoms with Gasteiger partial charge in [0.05, 0.1) is 23.5 Å². The molecule has 166 valence electrons. The SMILES string of the molecule is Cc1cccc(C(=O)N2C3CCC2C(Cc2ccc(C(F)(F)F)cn2)C3)c1-n1nccn1. The molecule has 0 radical (unpaired) electrons. The molecule has 3 unspecified atom stereocenters. The minimum Gasteiger partial charge on any atom is -0.332 e. The number of aryl methyl sites for hydroxylation is 1. The molecule has 0 aliphatic carbocycles. The molecule has 9 heteroatoms. The summed E-state index contributed by atoms with van der Waals surface area (Å²) in [4.78, 5) is 21.1. The topological polar surface area (TPSA) is 63.9 Å². The van der Waals surface area contributed by atoms with Gasteiger partial charge < -0.3 is 4.90 Å². The number of benzene rings is 1. The number of rotatable bonds is 4. The van der Waals surface area contributed by atoms with Gasteiger partial charge in [-0.05, 0) is 62.3 Å². The molecule has 32 heavy (non-hydrogen) atoms. The van der Waals surface area contributed by atoms with E-state index in [-0.39, 0.29) is 23.9 Å². The maximum Gasteiger partial charge on any atom is 0.417 e. The fourth-order valence-corrected chi connectivity index (χ4v) is 5.20. The van der Waals surface area contributed by atoms with Crippen molar-refractivity contribution in [1.82, 2.24) is 24.9 Å². The Morgan fingerprint density at radius 3 is 2.59 bits per heavy atom. The number of hydrogen-bond donors (Lipinski definition) is 0. The van der Waals surface area contributed by atoms with Gasteiger partial charge in [0, 0.05) is 24.0 Å². The fraction of sp³-hybridized carbons (Fsp3) is 0.391. The van der Waals surface area contributed by atoms with E-state index >= 15 is 0 Å². The van der Waals surface area contributed by atoms with E-state index < -0.39 is 11.7 Å². The molecule has 0 saturated carbocycles. The molecule has 1 amide bonds. The van der Waals surface area contributed by atoms with Crippen molar-refractivity contribution in [3.63, 3.8) is 0 Å². The van der Waals surface area contributed by atoms with Crippen molar-refractivity contribution in [3.8, 4) is 5.69 Å². The van der Waals surface area contributed by atoms with E-state index in [1.807, 2.05) is 24.0 Å². The van der Waals surface area contributed by atoms with Gasteiger partial charge in [0.15, 0.2) is 0 Å². The Labute approximate surface area is 183 Å². The van der Waals surface area contributed by atoms with Crippen LogP contribution in [0.25, 0.3) is 5.69 Å². The van der Waals surface area contributed by atoms with Crippen LogP contribution in [-0.4, -0.2) is 42.9 Å². The molecule has 4 heterocycles. The second-order valence-corrected chi connectivity index (χ2v) is 8.54. The average Bonchev–Trinajstić information content (AvgIpc) is 3.49. The third kappa shape index (κ3) is 3.55. The first kappa shape index (κ1) is 20.7. The number of halogens is 3. The van der Waals surface area contributed by atoms with Crippen LogP contribution in [0.2, 0.25) is 0 Å². The van der Waals surface area contributed by atoms with Crippen LogP contribution in [0.15, 0.2) is 48.9 Å². The second kappa shape index (κ2) is 7.72. The highest BCUT2D eigenvalue weighted by molar-refractivity contribution is 5.99. The number of pyridine rings is 1. The first-order chi connectivity index (χ1) is 15.3. The molecule has 2 bridgehead atoms. The summed E-state index contributed by atoms with van der Waals surface area (Å²) in [6.07, 6.45) is 2.88. The zero-order chi connectivity index (χ0) is 22.5. The number of fused-ring (bicyclic) bond motifs is 2. The number of para-hydroxylation sites is 1. The minimum atomic E-state index is -4.39. The molecule has 6 nitrogen and oxygen atoms in total. The Hall–Kier alpha value is -3.23. The molecule has 2 aliphatic heterocycles. The van der Waals surface area contributed by atoms with Crippen LogP contribution in [0.3, 0.4) is 0 Å². The molecule has 2 aliphatic rings. The third-order valence-corrected chi connectivity index (χ3v) is 6.61. The second-order valence-electron chi connectivity index (χ2n) is 8.54. The van der Waals surface area contributed by atoms with E-state index in [1.165, 1.54) is 10.9 Å². The van der Waals surface area contributed by atoms with E-state index in [0.29, 0.717) is 23.4 Å². The van der Waals surface area contributed by atoms with Crippen LogP contribution in [-0.2, 0) is 12.6 Å². The maximum absolute atomic E-state index is 13.6. The predicted octanol–water partition coefficient (Wildman–Crippen LogP) is 4.23. The van der Waals surface area contributed by atoms with E-state index in [9.17, 15) is 18.0 Å². The zero-order valence-electron chi connectivity index (χ0n) is 17.5. The third-order valence-electron chi connectivity index (χ3n) is 6.61. The Bertz CT molecular complexity index is 1130.